The molecule has 96 valence electrons. The molecule has 0 spiro atoms. The van der Waals surface area contributed by atoms with E-state index in [4.69, 9.17) is 4.74 Å². The quantitative estimate of drug-likeness (QED) is 0.803. The highest BCUT2D eigenvalue weighted by molar-refractivity contribution is 5.75. The van der Waals surface area contributed by atoms with Crippen molar-refractivity contribution in [3.05, 3.63) is 18.2 Å². The van der Waals surface area contributed by atoms with E-state index >= 15 is 0 Å². The molecule has 17 heavy (non-hydrogen) atoms. The topological polar surface area (TPSA) is 56.2 Å². The maximum absolute atomic E-state index is 11.7. The van der Waals surface area contributed by atoms with Gasteiger partial charge < -0.3 is 9.30 Å². The van der Waals surface area contributed by atoms with E-state index in [9.17, 15) is 4.79 Å². The van der Waals surface area contributed by atoms with Crippen molar-refractivity contribution in [1.82, 2.24) is 14.9 Å². The van der Waals surface area contributed by atoms with Crippen molar-refractivity contribution in [3.63, 3.8) is 0 Å². The molecule has 0 bridgehead atoms. The van der Waals surface area contributed by atoms with Crippen molar-refractivity contribution in [2.24, 2.45) is 7.05 Å². The molecule has 5 nitrogen and oxygen atoms in total. The molecule has 1 atom stereocenters. The lowest BCUT2D eigenvalue weighted by molar-refractivity contribution is -0.157. The van der Waals surface area contributed by atoms with Crippen LogP contribution >= 0.6 is 0 Å². The molecule has 0 aromatic carbocycles. The lowest BCUT2D eigenvalue weighted by Crippen LogP contribution is -2.39. The third-order valence-electron chi connectivity index (χ3n) is 2.25. The standard InChI is InChI=1S/C12H21N3O2/c1-9(11(16)17-12(2,3)4)14-8-10-13-6-7-15(10)5/h6-7,9,14H,8H2,1-5H3. The molecular weight excluding hydrogens is 218 g/mol. The zero-order valence-corrected chi connectivity index (χ0v) is 11.2. The van der Waals surface area contributed by atoms with Gasteiger partial charge in [0.15, 0.2) is 0 Å². The van der Waals surface area contributed by atoms with E-state index in [0.717, 1.165) is 5.82 Å². The number of imidazole rings is 1. The Labute approximate surface area is 102 Å². The maximum atomic E-state index is 11.7. The summed E-state index contributed by atoms with van der Waals surface area (Å²) in [6.07, 6.45) is 3.60. The Morgan fingerprint density at radius 3 is 2.71 bits per heavy atom. The van der Waals surface area contributed by atoms with Crippen molar-refractivity contribution in [2.75, 3.05) is 0 Å². The minimum absolute atomic E-state index is 0.244. The number of aryl methyl sites for hydroxylation is 1. The van der Waals surface area contributed by atoms with Gasteiger partial charge in [0.25, 0.3) is 0 Å². The molecule has 1 unspecified atom stereocenters. The van der Waals surface area contributed by atoms with Gasteiger partial charge >= 0.3 is 5.97 Å². The Bertz CT molecular complexity index is 379. The van der Waals surface area contributed by atoms with Gasteiger partial charge in [-0.05, 0) is 27.7 Å². The van der Waals surface area contributed by atoms with Gasteiger partial charge in [0.2, 0.25) is 0 Å². The number of hydrogen-bond donors (Lipinski definition) is 1. The maximum Gasteiger partial charge on any atom is 0.323 e. The molecule has 0 aliphatic rings. The summed E-state index contributed by atoms with van der Waals surface area (Å²) in [6.45, 7) is 7.91. The molecule has 0 saturated heterocycles. The van der Waals surface area contributed by atoms with Crippen LogP contribution in [0.15, 0.2) is 12.4 Å². The SMILES string of the molecule is CC(NCc1nccn1C)C(=O)OC(C)(C)C. The summed E-state index contributed by atoms with van der Waals surface area (Å²) in [6, 6.07) is -0.342. The smallest absolute Gasteiger partial charge is 0.323 e. The van der Waals surface area contributed by atoms with E-state index in [1.807, 2.05) is 38.6 Å². The average Bonchev–Trinajstić information content (AvgIpc) is 2.57. The highest BCUT2D eigenvalue weighted by Gasteiger charge is 2.21. The molecule has 1 heterocycles. The lowest BCUT2D eigenvalue weighted by atomic mass is 10.2. The van der Waals surface area contributed by atoms with Crippen LogP contribution in [0.5, 0.6) is 0 Å². The van der Waals surface area contributed by atoms with Crippen LogP contribution in [0, 0.1) is 0 Å². The monoisotopic (exact) mass is 239 g/mol. The minimum atomic E-state index is -0.448. The molecule has 1 rings (SSSR count). The zero-order chi connectivity index (χ0) is 13.1. The van der Waals surface area contributed by atoms with E-state index in [1.165, 1.54) is 0 Å². The van der Waals surface area contributed by atoms with Gasteiger partial charge in [-0.3, -0.25) is 10.1 Å². The second-order valence-corrected chi connectivity index (χ2v) is 5.09. The molecule has 0 aliphatic heterocycles. The van der Waals surface area contributed by atoms with Crippen molar-refractivity contribution >= 4 is 5.97 Å². The average molecular weight is 239 g/mol. The first-order valence-corrected chi connectivity index (χ1v) is 5.72. The summed E-state index contributed by atoms with van der Waals surface area (Å²) in [5.74, 6) is 0.645. The summed E-state index contributed by atoms with van der Waals surface area (Å²) in [7, 11) is 1.92. The van der Waals surface area contributed by atoms with Crippen molar-refractivity contribution < 1.29 is 9.53 Å². The first kappa shape index (κ1) is 13.7. The van der Waals surface area contributed by atoms with Crippen LogP contribution in [-0.2, 0) is 23.1 Å². The Hall–Kier alpha value is -1.36. The molecule has 1 aromatic rings. The van der Waals surface area contributed by atoms with Crippen LogP contribution in [0.25, 0.3) is 0 Å². The molecule has 1 aromatic heterocycles. The first-order chi connectivity index (χ1) is 7.79. The molecular formula is C12H21N3O2. The largest absolute Gasteiger partial charge is 0.459 e. The van der Waals surface area contributed by atoms with Crippen LogP contribution in [0.4, 0.5) is 0 Å². The summed E-state index contributed by atoms with van der Waals surface area (Å²) >= 11 is 0. The molecule has 0 aliphatic carbocycles. The van der Waals surface area contributed by atoms with Crippen LogP contribution in [0.1, 0.15) is 33.5 Å². The number of carbonyl (C=O) groups is 1. The van der Waals surface area contributed by atoms with E-state index in [1.54, 1.807) is 13.1 Å². The first-order valence-electron chi connectivity index (χ1n) is 5.72. The van der Waals surface area contributed by atoms with Crippen LogP contribution in [-0.4, -0.2) is 27.2 Å². The number of esters is 1. The van der Waals surface area contributed by atoms with E-state index in [2.05, 4.69) is 10.3 Å². The van der Waals surface area contributed by atoms with Crippen molar-refractivity contribution in [1.29, 1.82) is 0 Å². The highest BCUT2D eigenvalue weighted by atomic mass is 16.6. The van der Waals surface area contributed by atoms with Crippen LogP contribution < -0.4 is 5.32 Å². The van der Waals surface area contributed by atoms with Gasteiger partial charge in [-0.25, -0.2) is 4.98 Å². The van der Waals surface area contributed by atoms with Gasteiger partial charge in [-0.15, -0.1) is 0 Å². The summed E-state index contributed by atoms with van der Waals surface area (Å²) in [5.41, 5.74) is -0.448. The molecule has 5 heteroatoms. The van der Waals surface area contributed by atoms with E-state index in [0.29, 0.717) is 6.54 Å². The number of hydrogen-bond acceptors (Lipinski definition) is 4. The van der Waals surface area contributed by atoms with E-state index in [-0.39, 0.29) is 12.0 Å². The third-order valence-corrected chi connectivity index (χ3v) is 2.25. The molecule has 1 N–H and O–H groups in total. The van der Waals surface area contributed by atoms with Crippen LogP contribution in [0.3, 0.4) is 0 Å². The lowest BCUT2D eigenvalue weighted by Gasteiger charge is -2.22. The number of rotatable bonds is 4. The Kier molecular flexibility index (Phi) is 4.28. The number of nitrogens with one attached hydrogen (secondary N) is 1. The highest BCUT2D eigenvalue weighted by Crippen LogP contribution is 2.08. The molecule has 0 amide bonds. The van der Waals surface area contributed by atoms with E-state index < -0.39 is 5.60 Å². The zero-order valence-electron chi connectivity index (χ0n) is 11.2. The van der Waals surface area contributed by atoms with Crippen molar-refractivity contribution in [3.8, 4) is 0 Å². The minimum Gasteiger partial charge on any atom is -0.459 e. The van der Waals surface area contributed by atoms with Gasteiger partial charge in [0.05, 0.1) is 6.54 Å². The van der Waals surface area contributed by atoms with Gasteiger partial charge in [-0.1, -0.05) is 0 Å². The molecule has 0 radical (unpaired) electrons. The fraction of sp³-hybridized carbons (Fsp3) is 0.667. The van der Waals surface area contributed by atoms with Gasteiger partial charge in [-0.2, -0.15) is 0 Å². The summed E-state index contributed by atoms with van der Waals surface area (Å²) < 4.78 is 7.18. The molecule has 0 fully saturated rings. The number of nitrogens with zero attached hydrogens (tertiary/aromatic N) is 2. The Morgan fingerprint density at radius 1 is 1.59 bits per heavy atom. The normalized spacial score (nSPS) is 13.5. The number of ether oxygens (including phenoxy) is 1. The van der Waals surface area contributed by atoms with Crippen molar-refractivity contribution in [2.45, 2.75) is 45.9 Å². The summed E-state index contributed by atoms with van der Waals surface area (Å²) in [4.78, 5) is 15.9. The predicted molar refractivity (Wildman–Crippen MR) is 65.4 cm³/mol. The fourth-order valence-corrected chi connectivity index (χ4v) is 1.28. The molecule has 0 saturated carbocycles. The fourth-order valence-electron chi connectivity index (χ4n) is 1.28. The van der Waals surface area contributed by atoms with Gasteiger partial charge in [0, 0.05) is 19.4 Å². The third kappa shape index (κ3) is 4.56. The Morgan fingerprint density at radius 2 is 2.24 bits per heavy atom. The summed E-state index contributed by atoms with van der Waals surface area (Å²) in [5, 5.41) is 3.09. The second-order valence-electron chi connectivity index (χ2n) is 5.09. The van der Waals surface area contributed by atoms with Gasteiger partial charge in [0.1, 0.15) is 17.5 Å². The Balaban J connectivity index is 2.42. The number of aromatic nitrogens is 2. The number of carbonyl (C=O) groups excluding carboxylic acids is 1. The van der Waals surface area contributed by atoms with Crippen LogP contribution in [0.2, 0.25) is 0 Å². The predicted octanol–water partition coefficient (Wildman–Crippen LogP) is 1.24. The second kappa shape index (κ2) is 5.31.